The van der Waals surface area contributed by atoms with Gasteiger partial charge >= 0.3 is 24.0 Å². The molecule has 0 bridgehead atoms. The summed E-state index contributed by atoms with van der Waals surface area (Å²) in [5.74, 6) is -0.948. The van der Waals surface area contributed by atoms with E-state index in [1.54, 1.807) is 0 Å². The van der Waals surface area contributed by atoms with E-state index in [0.717, 1.165) is 10.8 Å². The highest BCUT2D eigenvalue weighted by atomic mass is 16.6. The number of anilines is 1. The summed E-state index contributed by atoms with van der Waals surface area (Å²) in [7, 11) is 0. The summed E-state index contributed by atoms with van der Waals surface area (Å²) in [5, 5.41) is 28.4. The molecule has 0 aliphatic rings. The number of hydrogen-bond donors (Lipinski definition) is 2. The highest BCUT2D eigenvalue weighted by Gasteiger charge is 2.33. The van der Waals surface area contributed by atoms with Crippen molar-refractivity contribution in [2.45, 2.75) is 26.3 Å². The summed E-state index contributed by atoms with van der Waals surface area (Å²) >= 11 is 0. The number of rotatable bonds is 5. The second-order valence-electron chi connectivity index (χ2n) is 3.58. The molecule has 10 nitrogen and oxygen atoms in total. The van der Waals surface area contributed by atoms with Crippen LogP contribution in [0.2, 0.25) is 0 Å². The van der Waals surface area contributed by atoms with Gasteiger partial charge in [0.15, 0.2) is 0 Å². The fraction of sp³-hybridized carbons (Fsp3) is 0.444. The van der Waals surface area contributed by atoms with Crippen LogP contribution in [0.1, 0.15) is 19.8 Å². The van der Waals surface area contributed by atoms with E-state index in [1.807, 2.05) is 6.92 Å². The van der Waals surface area contributed by atoms with Crippen molar-refractivity contribution in [3.05, 3.63) is 16.3 Å². The second-order valence-corrected chi connectivity index (χ2v) is 3.58. The van der Waals surface area contributed by atoms with Crippen molar-refractivity contribution in [2.75, 3.05) is 4.90 Å². The predicted molar refractivity (Wildman–Crippen MR) is 62.3 cm³/mol. The Morgan fingerprint density at radius 2 is 2.05 bits per heavy atom. The Labute approximate surface area is 107 Å². The third kappa shape index (κ3) is 2.97. The lowest BCUT2D eigenvalue weighted by Gasteiger charge is -2.11. The van der Waals surface area contributed by atoms with Gasteiger partial charge in [0.2, 0.25) is 0 Å². The zero-order valence-electron chi connectivity index (χ0n) is 10.0. The average Bonchev–Trinajstić information content (AvgIpc) is 2.69. The first-order valence-corrected chi connectivity index (χ1v) is 5.36. The zero-order chi connectivity index (χ0) is 14.6. The molecule has 10 heteroatoms. The van der Waals surface area contributed by atoms with Gasteiger partial charge < -0.3 is 20.3 Å². The third-order valence-corrected chi connectivity index (χ3v) is 2.32. The summed E-state index contributed by atoms with van der Waals surface area (Å²) in [6, 6.07) is 0. The van der Waals surface area contributed by atoms with E-state index in [9.17, 15) is 19.7 Å². The molecule has 2 N–H and O–H groups in total. The topological polar surface area (TPSA) is 139 Å². The molecule has 0 saturated heterocycles. The van der Waals surface area contributed by atoms with Crippen LogP contribution in [0.15, 0.2) is 6.20 Å². The van der Waals surface area contributed by atoms with Crippen LogP contribution in [0.4, 0.5) is 21.4 Å². The molecule has 2 amide bonds. The van der Waals surface area contributed by atoms with Gasteiger partial charge in [-0.25, -0.2) is 9.59 Å². The van der Waals surface area contributed by atoms with Gasteiger partial charge in [0.1, 0.15) is 6.20 Å². The number of imide groups is 1. The van der Waals surface area contributed by atoms with Gasteiger partial charge in [0.25, 0.3) is 0 Å². The van der Waals surface area contributed by atoms with Crippen LogP contribution >= 0.6 is 0 Å². The molecule has 0 aliphatic carbocycles. The summed E-state index contributed by atoms with van der Waals surface area (Å²) < 4.78 is 0.964. The van der Waals surface area contributed by atoms with Crippen LogP contribution in [0.5, 0.6) is 0 Å². The van der Waals surface area contributed by atoms with Gasteiger partial charge in [0.05, 0.1) is 6.54 Å². The van der Waals surface area contributed by atoms with Crippen LogP contribution in [-0.4, -0.2) is 36.9 Å². The number of amides is 2. The molecular formula is C9H12N4O6. The number of carbonyl (C=O) groups is 2. The van der Waals surface area contributed by atoms with Crippen molar-refractivity contribution in [1.82, 2.24) is 9.55 Å². The van der Waals surface area contributed by atoms with Crippen LogP contribution in [-0.2, 0) is 6.54 Å². The molecule has 1 rings (SSSR count). The summed E-state index contributed by atoms with van der Waals surface area (Å²) in [6.45, 7) is 1.95. The van der Waals surface area contributed by atoms with Gasteiger partial charge in [-0.2, -0.15) is 9.55 Å². The summed E-state index contributed by atoms with van der Waals surface area (Å²) in [4.78, 5) is 35.3. The highest BCUT2D eigenvalue weighted by Crippen LogP contribution is 2.22. The SMILES string of the molecule is CCCCn1c([N+](=O)[O-])cnc1N(C(=O)O)C(=O)O. The highest BCUT2D eigenvalue weighted by molar-refractivity contribution is 6.06. The molecule has 1 aromatic rings. The molecule has 19 heavy (non-hydrogen) atoms. The Hall–Kier alpha value is -2.65. The van der Waals surface area contributed by atoms with Gasteiger partial charge in [-0.05, 0) is 11.3 Å². The monoisotopic (exact) mass is 272 g/mol. The molecule has 0 unspecified atom stereocenters. The predicted octanol–water partition coefficient (Wildman–Crippen LogP) is 1.75. The molecule has 0 atom stereocenters. The van der Waals surface area contributed by atoms with Crippen molar-refractivity contribution in [1.29, 1.82) is 0 Å². The number of nitrogens with zero attached hydrogens (tertiary/aromatic N) is 4. The fourth-order valence-corrected chi connectivity index (χ4v) is 1.47. The number of imidazole rings is 1. The van der Waals surface area contributed by atoms with Crippen molar-refractivity contribution in [2.24, 2.45) is 0 Å². The average molecular weight is 272 g/mol. The Bertz CT molecular complexity index is 497. The molecule has 0 saturated carbocycles. The summed E-state index contributed by atoms with van der Waals surface area (Å²) in [6.07, 6.45) is -1.48. The lowest BCUT2D eigenvalue weighted by Crippen LogP contribution is -2.36. The molecule has 104 valence electrons. The second kappa shape index (κ2) is 5.80. The minimum atomic E-state index is -1.77. The molecule has 0 radical (unpaired) electrons. The van der Waals surface area contributed by atoms with E-state index >= 15 is 0 Å². The molecule has 0 aromatic carbocycles. The van der Waals surface area contributed by atoms with Gasteiger partial charge in [-0.1, -0.05) is 13.3 Å². The van der Waals surface area contributed by atoms with Crippen LogP contribution in [0, 0.1) is 10.1 Å². The maximum atomic E-state index is 10.9. The summed E-state index contributed by atoms with van der Waals surface area (Å²) in [5.41, 5.74) is 0. The van der Waals surface area contributed by atoms with Gasteiger partial charge in [-0.3, -0.25) is 0 Å². The van der Waals surface area contributed by atoms with Gasteiger partial charge in [0, 0.05) is 0 Å². The normalized spacial score (nSPS) is 10.2. The molecule has 0 fully saturated rings. The van der Waals surface area contributed by atoms with E-state index in [1.165, 1.54) is 0 Å². The molecule has 1 aromatic heterocycles. The first kappa shape index (κ1) is 14.4. The lowest BCUT2D eigenvalue weighted by molar-refractivity contribution is -0.392. The first-order valence-electron chi connectivity index (χ1n) is 5.36. The maximum Gasteiger partial charge on any atom is 0.425 e. The van der Waals surface area contributed by atoms with E-state index in [2.05, 4.69) is 4.98 Å². The largest absolute Gasteiger partial charge is 0.464 e. The van der Waals surface area contributed by atoms with E-state index in [0.29, 0.717) is 12.8 Å². The Morgan fingerprint density at radius 1 is 1.47 bits per heavy atom. The van der Waals surface area contributed by atoms with Crippen LogP contribution < -0.4 is 4.90 Å². The van der Waals surface area contributed by atoms with Gasteiger partial charge in [-0.15, -0.1) is 4.90 Å². The number of hydrogen-bond acceptors (Lipinski definition) is 5. The van der Waals surface area contributed by atoms with E-state index in [-0.39, 0.29) is 11.4 Å². The van der Waals surface area contributed by atoms with Crippen molar-refractivity contribution in [3.8, 4) is 0 Å². The molecule has 1 heterocycles. The zero-order valence-corrected chi connectivity index (χ0v) is 10.0. The fourth-order valence-electron chi connectivity index (χ4n) is 1.47. The smallest absolute Gasteiger partial charge is 0.425 e. The van der Waals surface area contributed by atoms with Crippen LogP contribution in [0.3, 0.4) is 0 Å². The first-order chi connectivity index (χ1) is 8.90. The number of aromatic nitrogens is 2. The number of unbranched alkanes of at least 4 members (excludes halogenated alkanes) is 1. The lowest BCUT2D eigenvalue weighted by atomic mass is 10.3. The van der Waals surface area contributed by atoms with Crippen molar-refractivity contribution in [3.63, 3.8) is 0 Å². The minimum absolute atomic E-state index is 0.0529. The Kier molecular flexibility index (Phi) is 4.40. The minimum Gasteiger partial charge on any atom is -0.464 e. The molecular weight excluding hydrogens is 260 g/mol. The Balaban J connectivity index is 3.29. The molecule has 0 spiro atoms. The Morgan fingerprint density at radius 3 is 2.47 bits per heavy atom. The van der Waals surface area contributed by atoms with E-state index in [4.69, 9.17) is 10.2 Å². The third-order valence-electron chi connectivity index (χ3n) is 2.32. The molecule has 0 aliphatic heterocycles. The quantitative estimate of drug-likeness (QED) is 0.614. The standard InChI is InChI=1S/C9H12N4O6/c1-2-3-4-11-6(13(18)19)5-10-7(11)12(8(14)15)9(16)17/h5H,2-4H2,1H3,(H,14,15)(H,16,17). The van der Waals surface area contributed by atoms with Crippen molar-refractivity contribution < 1.29 is 24.7 Å². The number of carboxylic acid groups (broad SMARTS) is 2. The van der Waals surface area contributed by atoms with Crippen LogP contribution in [0.25, 0.3) is 0 Å². The van der Waals surface area contributed by atoms with E-state index < -0.39 is 28.9 Å². The number of nitro groups is 1. The van der Waals surface area contributed by atoms with Crippen molar-refractivity contribution >= 4 is 24.0 Å². The maximum absolute atomic E-state index is 10.9.